The minimum Gasteiger partial charge on any atom is -0.508 e. The Labute approximate surface area is 179 Å². The summed E-state index contributed by atoms with van der Waals surface area (Å²) in [7, 11) is 0. The van der Waals surface area contributed by atoms with Gasteiger partial charge in [-0.3, -0.25) is 15.1 Å². The number of pyridine rings is 2. The molecule has 0 bridgehead atoms. The van der Waals surface area contributed by atoms with Crippen LogP contribution in [-0.4, -0.2) is 45.2 Å². The fraction of sp³-hybridized carbons (Fsp3) is 0. The average Bonchev–Trinajstić information content (AvgIpc) is 3.42. The lowest BCUT2D eigenvalue weighted by molar-refractivity contribution is 0.469. The predicted octanol–water partition coefficient (Wildman–Crippen LogP) is 3.86. The number of nitrogens with zero attached hydrogens (tertiary/aromatic N) is 6. The summed E-state index contributed by atoms with van der Waals surface area (Å²) in [5, 5.41) is 17.8. The second kappa shape index (κ2) is 6.91. The summed E-state index contributed by atoms with van der Waals surface area (Å²) in [6.07, 6.45) is 8.18. The number of rotatable bonds is 3. The topological polar surface area (TPSA) is 129 Å². The molecule has 0 saturated carbocycles. The summed E-state index contributed by atoms with van der Waals surface area (Å²) < 4.78 is 13.9. The molecule has 9 nitrogen and oxygen atoms in total. The van der Waals surface area contributed by atoms with Gasteiger partial charge in [-0.25, -0.2) is 19.3 Å². The Balaban J connectivity index is 1.52. The van der Waals surface area contributed by atoms with Crippen LogP contribution in [0.4, 0.5) is 4.39 Å². The Morgan fingerprint density at radius 3 is 2.66 bits per heavy atom. The van der Waals surface area contributed by atoms with E-state index in [4.69, 9.17) is 0 Å². The third-order valence-corrected chi connectivity index (χ3v) is 5.08. The normalized spacial score (nSPS) is 11.4. The smallest absolute Gasteiger partial charge is 0.161 e. The zero-order valence-electron chi connectivity index (χ0n) is 16.3. The van der Waals surface area contributed by atoms with E-state index in [-0.39, 0.29) is 5.75 Å². The van der Waals surface area contributed by atoms with Gasteiger partial charge in [0.05, 0.1) is 17.3 Å². The number of aromatic hydroxyl groups is 1. The Kier molecular flexibility index (Phi) is 3.90. The quantitative estimate of drug-likeness (QED) is 0.393. The molecule has 3 N–H and O–H groups in total. The first-order valence-corrected chi connectivity index (χ1v) is 9.61. The average molecular weight is 424 g/mol. The van der Waals surface area contributed by atoms with E-state index in [0.717, 1.165) is 17.0 Å². The van der Waals surface area contributed by atoms with E-state index in [0.29, 0.717) is 45.2 Å². The zero-order chi connectivity index (χ0) is 21.7. The zero-order valence-corrected chi connectivity index (χ0v) is 16.3. The lowest BCUT2D eigenvalue weighted by atomic mass is 10.1. The van der Waals surface area contributed by atoms with Crippen molar-refractivity contribution < 1.29 is 9.50 Å². The number of hydrogen-bond acceptors (Lipinski definition) is 7. The molecule has 0 atom stereocenters. The van der Waals surface area contributed by atoms with E-state index in [2.05, 4.69) is 40.1 Å². The summed E-state index contributed by atoms with van der Waals surface area (Å²) >= 11 is 0. The highest BCUT2D eigenvalue weighted by Crippen LogP contribution is 2.32. The van der Waals surface area contributed by atoms with Gasteiger partial charge in [0, 0.05) is 42.0 Å². The van der Waals surface area contributed by atoms with Crippen LogP contribution < -0.4 is 0 Å². The van der Waals surface area contributed by atoms with E-state index in [9.17, 15) is 9.50 Å². The number of H-pyrrole nitrogens is 2. The van der Waals surface area contributed by atoms with Gasteiger partial charge in [-0.2, -0.15) is 5.10 Å². The lowest BCUT2D eigenvalue weighted by Crippen LogP contribution is -1.87. The number of halogens is 1. The molecule has 0 aliphatic carbocycles. The minimum absolute atomic E-state index is 0.165. The third kappa shape index (κ3) is 2.93. The second-order valence-corrected chi connectivity index (χ2v) is 7.12. The maximum absolute atomic E-state index is 13.9. The molecule has 6 aromatic rings. The van der Waals surface area contributed by atoms with Crippen molar-refractivity contribution in [3.63, 3.8) is 0 Å². The third-order valence-electron chi connectivity index (χ3n) is 5.08. The SMILES string of the molecule is Oc1cc(F)cc(-c2ccnc3[nH]c(-c4n[nH]c5ncc(-c6cnccn6)cc45)nc23)c1. The molecule has 0 amide bonds. The fourth-order valence-corrected chi connectivity index (χ4v) is 3.66. The van der Waals surface area contributed by atoms with Crippen molar-refractivity contribution >= 4 is 22.2 Å². The summed E-state index contributed by atoms with van der Waals surface area (Å²) in [6.45, 7) is 0. The lowest BCUT2D eigenvalue weighted by Gasteiger charge is -2.03. The number of phenolic OH excluding ortho intramolecular Hbond substituents is 1. The molecular weight excluding hydrogens is 411 g/mol. The largest absolute Gasteiger partial charge is 0.508 e. The van der Waals surface area contributed by atoms with Crippen molar-refractivity contribution in [3.05, 3.63) is 67.1 Å². The molecule has 0 saturated heterocycles. The number of nitrogens with one attached hydrogen (secondary N) is 2. The molecule has 1 aromatic carbocycles. The predicted molar refractivity (Wildman–Crippen MR) is 115 cm³/mol. The molecule has 32 heavy (non-hydrogen) atoms. The van der Waals surface area contributed by atoms with E-state index in [1.165, 1.54) is 12.1 Å². The van der Waals surface area contributed by atoms with Gasteiger partial charge in [-0.05, 0) is 29.8 Å². The standard InChI is InChI=1S/C22H13FN8O/c23-13-5-11(6-14(32)8-13)15-1-2-26-21-18(15)28-22(29-21)19-16-7-12(9-27-20(16)31-30-19)17-10-24-3-4-25-17/h1-10,32H,(H,26,28,29)(H,27,30,31). The first kappa shape index (κ1) is 18.1. The maximum Gasteiger partial charge on any atom is 0.161 e. The highest BCUT2D eigenvalue weighted by Gasteiger charge is 2.17. The molecule has 0 aliphatic rings. The van der Waals surface area contributed by atoms with Gasteiger partial charge in [0.25, 0.3) is 0 Å². The molecule has 0 radical (unpaired) electrons. The van der Waals surface area contributed by atoms with Crippen LogP contribution in [0.15, 0.2) is 61.3 Å². The van der Waals surface area contributed by atoms with Crippen LogP contribution in [0.5, 0.6) is 5.75 Å². The van der Waals surface area contributed by atoms with Crippen molar-refractivity contribution in [2.75, 3.05) is 0 Å². The molecule has 5 heterocycles. The van der Waals surface area contributed by atoms with E-state index in [1.807, 2.05) is 6.07 Å². The Morgan fingerprint density at radius 1 is 0.875 bits per heavy atom. The Hall–Kier alpha value is -4.73. The second-order valence-electron chi connectivity index (χ2n) is 7.12. The van der Waals surface area contributed by atoms with Crippen molar-refractivity contribution in [2.45, 2.75) is 0 Å². The first-order valence-electron chi connectivity index (χ1n) is 9.61. The van der Waals surface area contributed by atoms with Crippen molar-refractivity contribution in [1.29, 1.82) is 0 Å². The number of phenols is 1. The summed E-state index contributed by atoms with van der Waals surface area (Å²) in [6, 6.07) is 7.50. The Morgan fingerprint density at radius 2 is 1.81 bits per heavy atom. The van der Waals surface area contributed by atoms with Crippen molar-refractivity contribution in [3.8, 4) is 39.7 Å². The van der Waals surface area contributed by atoms with Gasteiger partial charge in [-0.1, -0.05) is 0 Å². The highest BCUT2D eigenvalue weighted by molar-refractivity contribution is 5.96. The van der Waals surface area contributed by atoms with Gasteiger partial charge in [-0.15, -0.1) is 0 Å². The van der Waals surface area contributed by atoms with Gasteiger partial charge in [0.2, 0.25) is 0 Å². The summed E-state index contributed by atoms with van der Waals surface area (Å²) in [4.78, 5) is 25.0. The molecule has 154 valence electrons. The monoisotopic (exact) mass is 424 g/mol. The number of imidazole rings is 1. The molecule has 10 heteroatoms. The van der Waals surface area contributed by atoms with Crippen LogP contribution in [0.2, 0.25) is 0 Å². The number of hydrogen-bond donors (Lipinski definition) is 3. The Bertz CT molecular complexity index is 1590. The van der Waals surface area contributed by atoms with E-state index < -0.39 is 5.82 Å². The number of aromatic nitrogens is 8. The molecule has 0 spiro atoms. The van der Waals surface area contributed by atoms with Crippen LogP contribution in [-0.2, 0) is 0 Å². The van der Waals surface area contributed by atoms with Crippen molar-refractivity contribution in [2.24, 2.45) is 0 Å². The van der Waals surface area contributed by atoms with Gasteiger partial charge < -0.3 is 10.1 Å². The van der Waals surface area contributed by atoms with Crippen LogP contribution in [0, 0.1) is 5.82 Å². The van der Waals surface area contributed by atoms with Crippen LogP contribution >= 0.6 is 0 Å². The van der Waals surface area contributed by atoms with Gasteiger partial charge >= 0.3 is 0 Å². The number of fused-ring (bicyclic) bond motifs is 2. The molecule has 0 fully saturated rings. The van der Waals surface area contributed by atoms with Crippen LogP contribution in [0.25, 0.3) is 56.1 Å². The number of aromatic amines is 2. The van der Waals surface area contributed by atoms with Crippen molar-refractivity contribution in [1.82, 2.24) is 40.1 Å². The van der Waals surface area contributed by atoms with Crippen LogP contribution in [0.3, 0.4) is 0 Å². The summed E-state index contributed by atoms with van der Waals surface area (Å²) in [5.74, 6) is -0.229. The van der Waals surface area contributed by atoms with E-state index in [1.54, 1.807) is 37.1 Å². The number of benzene rings is 1. The minimum atomic E-state index is -0.540. The molecule has 0 aliphatic heterocycles. The first-order chi connectivity index (χ1) is 15.7. The molecule has 5 aromatic heterocycles. The molecular formula is C22H13FN8O. The molecule has 0 unspecified atom stereocenters. The fourth-order valence-electron chi connectivity index (χ4n) is 3.66. The van der Waals surface area contributed by atoms with E-state index >= 15 is 0 Å². The summed E-state index contributed by atoms with van der Waals surface area (Å²) in [5.41, 5.74) is 4.79. The highest BCUT2D eigenvalue weighted by atomic mass is 19.1. The van der Waals surface area contributed by atoms with Gasteiger partial charge in [0.15, 0.2) is 17.1 Å². The van der Waals surface area contributed by atoms with Gasteiger partial charge in [0.1, 0.15) is 22.8 Å². The van der Waals surface area contributed by atoms with Crippen LogP contribution in [0.1, 0.15) is 0 Å². The maximum atomic E-state index is 13.9. The molecule has 6 rings (SSSR count).